The van der Waals surface area contributed by atoms with Crippen LogP contribution in [0.4, 0.5) is 4.39 Å². The molecule has 0 spiro atoms. The second-order valence-corrected chi connectivity index (χ2v) is 8.95. The van der Waals surface area contributed by atoms with Crippen LogP contribution in [0.2, 0.25) is 5.02 Å². The summed E-state index contributed by atoms with van der Waals surface area (Å²) >= 11 is 5.81. The van der Waals surface area contributed by atoms with Gasteiger partial charge in [-0.05, 0) is 79.0 Å². The molecule has 0 N–H and O–H groups in total. The molecule has 0 aliphatic heterocycles. The molecule has 29 heavy (non-hydrogen) atoms. The monoisotopic (exact) mass is 412 g/mol. The van der Waals surface area contributed by atoms with Crippen molar-refractivity contribution in [3.8, 4) is 11.5 Å². The van der Waals surface area contributed by atoms with Gasteiger partial charge < -0.3 is 4.74 Å². The van der Waals surface area contributed by atoms with Crippen LogP contribution in [-0.4, -0.2) is 11.6 Å². The molecule has 5 rings (SSSR count). The van der Waals surface area contributed by atoms with E-state index in [2.05, 4.69) is 0 Å². The third kappa shape index (κ3) is 2.92. The zero-order chi connectivity index (χ0) is 20.3. The minimum atomic E-state index is -0.707. The molecular formula is C24H22ClFO3. The largest absolute Gasteiger partial charge is 0.454 e. The van der Waals surface area contributed by atoms with E-state index in [0.29, 0.717) is 29.0 Å². The number of hydrogen-bond acceptors (Lipinski definition) is 3. The van der Waals surface area contributed by atoms with Crippen molar-refractivity contribution in [3.63, 3.8) is 0 Å². The van der Waals surface area contributed by atoms with Crippen molar-refractivity contribution in [3.05, 3.63) is 58.4 Å². The maximum Gasteiger partial charge on any atom is 0.167 e. The first-order chi connectivity index (χ1) is 14.0. The lowest BCUT2D eigenvalue weighted by atomic mass is 9.81. The quantitative estimate of drug-likeness (QED) is 0.602. The van der Waals surface area contributed by atoms with Gasteiger partial charge in [-0.25, -0.2) is 4.39 Å². The maximum atomic E-state index is 14.1. The van der Waals surface area contributed by atoms with E-state index in [-0.39, 0.29) is 29.2 Å². The number of ether oxygens (including phenoxy) is 1. The molecule has 0 saturated heterocycles. The topological polar surface area (TPSA) is 43.4 Å². The normalized spacial score (nSPS) is 30.1. The van der Waals surface area contributed by atoms with Crippen molar-refractivity contribution in [2.75, 3.05) is 0 Å². The first-order valence-electron chi connectivity index (χ1n) is 10.3. The molecule has 4 atom stereocenters. The molecule has 3 saturated carbocycles. The van der Waals surface area contributed by atoms with E-state index >= 15 is 0 Å². The van der Waals surface area contributed by atoms with Gasteiger partial charge in [-0.15, -0.1) is 0 Å². The number of halogens is 2. The fraction of sp³-hybridized carbons (Fsp3) is 0.417. The zero-order valence-electron chi connectivity index (χ0n) is 16.2. The summed E-state index contributed by atoms with van der Waals surface area (Å²) in [6.07, 6.45) is 3.87. The lowest BCUT2D eigenvalue weighted by Gasteiger charge is -2.21. The highest BCUT2D eigenvalue weighted by atomic mass is 35.5. The van der Waals surface area contributed by atoms with E-state index < -0.39 is 11.7 Å². The molecule has 3 fully saturated rings. The second-order valence-electron chi connectivity index (χ2n) is 8.51. The number of Topliss-reactive ketones (excluding diaryl/α,β-unsaturated/α-hetero) is 2. The molecule has 0 amide bonds. The smallest absolute Gasteiger partial charge is 0.167 e. The first-order valence-corrected chi connectivity index (χ1v) is 10.7. The number of ketones is 2. The van der Waals surface area contributed by atoms with Gasteiger partial charge >= 0.3 is 0 Å². The summed E-state index contributed by atoms with van der Waals surface area (Å²) in [4.78, 5) is 26.6. The van der Waals surface area contributed by atoms with Crippen LogP contribution in [0.15, 0.2) is 36.4 Å². The van der Waals surface area contributed by atoms with Gasteiger partial charge in [-0.2, -0.15) is 0 Å². The van der Waals surface area contributed by atoms with Crippen molar-refractivity contribution in [1.82, 2.24) is 0 Å². The predicted molar refractivity (Wildman–Crippen MR) is 108 cm³/mol. The molecule has 150 valence electrons. The molecule has 3 aliphatic rings. The SMILES string of the molecule is CCc1ccc(Oc2ccc(Cl)cc2F)cc1C1C(=O)C2C3CCC(C3)C2C1=O. The molecular weight excluding hydrogens is 391 g/mol. The Kier molecular flexibility index (Phi) is 4.50. The van der Waals surface area contributed by atoms with Crippen molar-refractivity contribution in [1.29, 1.82) is 0 Å². The van der Waals surface area contributed by atoms with E-state index in [0.717, 1.165) is 30.4 Å². The lowest BCUT2D eigenvalue weighted by molar-refractivity contribution is -0.125. The Hall–Kier alpha value is -2.20. The van der Waals surface area contributed by atoms with E-state index in [9.17, 15) is 14.0 Å². The molecule has 0 heterocycles. The molecule has 2 aromatic rings. The molecule has 3 nitrogen and oxygen atoms in total. The predicted octanol–water partition coefficient (Wildman–Crippen LogP) is 5.73. The molecule has 3 aliphatic carbocycles. The Bertz CT molecular complexity index is 989. The Balaban J connectivity index is 1.50. The number of hydrogen-bond donors (Lipinski definition) is 0. The minimum Gasteiger partial charge on any atom is -0.454 e. The van der Waals surface area contributed by atoms with Gasteiger partial charge in [0.2, 0.25) is 0 Å². The van der Waals surface area contributed by atoms with E-state index in [4.69, 9.17) is 16.3 Å². The Labute approximate surface area is 174 Å². The summed E-state index contributed by atoms with van der Waals surface area (Å²) in [5.74, 6) is -0.0856. The van der Waals surface area contributed by atoms with Crippen molar-refractivity contribution < 1.29 is 18.7 Å². The molecule has 0 radical (unpaired) electrons. The van der Waals surface area contributed by atoms with Gasteiger partial charge in [-0.3, -0.25) is 9.59 Å². The fourth-order valence-corrected chi connectivity index (χ4v) is 6.01. The van der Waals surface area contributed by atoms with Crippen molar-refractivity contribution >= 4 is 23.2 Å². The standard InChI is InChI=1S/C24H22ClFO3/c1-2-12-5-7-16(29-19-8-6-15(25)10-18(19)26)11-17(12)22-23(27)20-13-3-4-14(9-13)21(20)24(22)28/h5-8,10-11,13-14,20-22H,2-4,9H2,1H3. The average molecular weight is 413 g/mol. The first kappa shape index (κ1) is 18.8. The van der Waals surface area contributed by atoms with Gasteiger partial charge in [-0.1, -0.05) is 24.6 Å². The highest BCUT2D eigenvalue weighted by molar-refractivity contribution is 6.30. The van der Waals surface area contributed by atoms with E-state index in [1.54, 1.807) is 18.2 Å². The highest BCUT2D eigenvalue weighted by Crippen LogP contribution is 2.59. The zero-order valence-corrected chi connectivity index (χ0v) is 16.9. The lowest BCUT2D eigenvalue weighted by Crippen LogP contribution is -2.24. The van der Waals surface area contributed by atoms with Crippen LogP contribution in [0.1, 0.15) is 43.2 Å². The summed E-state index contributed by atoms with van der Waals surface area (Å²) in [5.41, 5.74) is 1.69. The van der Waals surface area contributed by atoms with Crippen molar-refractivity contribution in [2.45, 2.75) is 38.5 Å². The van der Waals surface area contributed by atoms with E-state index in [1.807, 2.05) is 13.0 Å². The molecule has 2 aromatic carbocycles. The summed E-state index contributed by atoms with van der Waals surface area (Å²) in [5, 5.41) is 0.292. The molecule has 5 heteroatoms. The van der Waals surface area contributed by atoms with Gasteiger partial charge in [0.1, 0.15) is 11.7 Å². The van der Waals surface area contributed by atoms with Crippen molar-refractivity contribution in [2.24, 2.45) is 23.7 Å². The molecule has 2 bridgehead atoms. The molecule has 4 unspecified atom stereocenters. The van der Waals surface area contributed by atoms with Crippen LogP contribution in [0.5, 0.6) is 11.5 Å². The molecule has 0 aromatic heterocycles. The van der Waals surface area contributed by atoms with Crippen LogP contribution < -0.4 is 4.74 Å². The summed E-state index contributed by atoms with van der Waals surface area (Å²) in [6, 6.07) is 9.60. The van der Waals surface area contributed by atoms with Crippen LogP contribution in [-0.2, 0) is 16.0 Å². The Morgan fingerprint density at radius 1 is 1.03 bits per heavy atom. The van der Waals surface area contributed by atoms with Gasteiger partial charge in [0.15, 0.2) is 23.1 Å². The van der Waals surface area contributed by atoms with Crippen LogP contribution in [0, 0.1) is 29.5 Å². The summed E-state index contributed by atoms with van der Waals surface area (Å²) < 4.78 is 19.9. The average Bonchev–Trinajstić information content (AvgIpc) is 3.38. The Morgan fingerprint density at radius 2 is 1.72 bits per heavy atom. The van der Waals surface area contributed by atoms with Crippen LogP contribution in [0.25, 0.3) is 0 Å². The number of benzene rings is 2. The van der Waals surface area contributed by atoms with Crippen LogP contribution >= 0.6 is 11.6 Å². The third-order valence-corrected chi connectivity index (χ3v) is 7.31. The highest BCUT2D eigenvalue weighted by Gasteiger charge is 2.61. The van der Waals surface area contributed by atoms with Crippen LogP contribution in [0.3, 0.4) is 0 Å². The number of carbonyl (C=O) groups excluding carboxylic acids is 2. The maximum absolute atomic E-state index is 14.1. The second kappa shape index (κ2) is 6.94. The number of carbonyl (C=O) groups is 2. The number of fused-ring (bicyclic) bond motifs is 5. The minimum absolute atomic E-state index is 0.0589. The van der Waals surface area contributed by atoms with E-state index in [1.165, 1.54) is 12.1 Å². The number of rotatable bonds is 4. The number of aryl methyl sites for hydroxylation is 1. The summed E-state index contributed by atoms with van der Waals surface area (Å²) in [6.45, 7) is 2.01. The summed E-state index contributed by atoms with van der Waals surface area (Å²) in [7, 11) is 0. The fourth-order valence-electron chi connectivity index (χ4n) is 5.85. The van der Waals surface area contributed by atoms with Gasteiger partial charge in [0, 0.05) is 16.9 Å². The Morgan fingerprint density at radius 3 is 2.34 bits per heavy atom. The van der Waals surface area contributed by atoms with Gasteiger partial charge in [0.05, 0.1) is 0 Å². The third-order valence-electron chi connectivity index (χ3n) is 7.07. The van der Waals surface area contributed by atoms with Gasteiger partial charge in [0.25, 0.3) is 0 Å².